The van der Waals surface area contributed by atoms with Gasteiger partial charge in [-0.15, -0.1) is 0 Å². The molecule has 0 aliphatic heterocycles. The number of pyridine rings is 2. The number of carbonyl (C=O) groups excluding carboxylic acids is 1. The van der Waals surface area contributed by atoms with E-state index in [1.165, 1.54) is 18.3 Å². The van der Waals surface area contributed by atoms with Gasteiger partial charge in [0.05, 0.1) is 46.0 Å². The van der Waals surface area contributed by atoms with Gasteiger partial charge >= 0.3 is 0 Å². The summed E-state index contributed by atoms with van der Waals surface area (Å²) in [5, 5.41) is 8.48. The number of nitrogens with one attached hydrogen (secondary N) is 1. The van der Waals surface area contributed by atoms with E-state index < -0.39 is 10.8 Å². The van der Waals surface area contributed by atoms with Crippen molar-refractivity contribution in [2.24, 2.45) is 0 Å². The molecule has 0 radical (unpaired) electrons. The van der Waals surface area contributed by atoms with Crippen LogP contribution in [0.2, 0.25) is 0 Å². The molecule has 31 heavy (non-hydrogen) atoms. The maximum absolute atomic E-state index is 13.3. The van der Waals surface area contributed by atoms with Crippen molar-refractivity contribution in [3.8, 4) is 5.69 Å². The van der Waals surface area contributed by atoms with Crippen molar-refractivity contribution in [3.63, 3.8) is 0 Å². The molecular formula is C22H20FN5O2S. The minimum atomic E-state index is -1.21. The molecule has 3 aromatic heterocycles. The van der Waals surface area contributed by atoms with E-state index in [0.29, 0.717) is 33.6 Å². The van der Waals surface area contributed by atoms with Crippen LogP contribution in [0.3, 0.4) is 0 Å². The smallest absolute Gasteiger partial charge is 0.254 e. The van der Waals surface area contributed by atoms with E-state index in [1.54, 1.807) is 53.8 Å². The van der Waals surface area contributed by atoms with Gasteiger partial charge in [0.15, 0.2) is 0 Å². The monoisotopic (exact) mass is 437 g/mol. The lowest BCUT2D eigenvalue weighted by molar-refractivity contribution is 0.0937. The summed E-state index contributed by atoms with van der Waals surface area (Å²) in [7, 11) is -1.21. The molecule has 1 aromatic carbocycles. The molecule has 0 aliphatic carbocycles. The summed E-state index contributed by atoms with van der Waals surface area (Å²) in [5.41, 5.74) is 2.52. The SMILES string of the molecule is CC[C@H](NC(=O)c1cncc2c1cnn2-c1ccc(F)cc1)c1ccnc(S(C)=O)c1. The first-order valence-corrected chi connectivity index (χ1v) is 11.2. The summed E-state index contributed by atoms with van der Waals surface area (Å²) >= 11 is 0. The van der Waals surface area contributed by atoms with E-state index in [4.69, 9.17) is 0 Å². The van der Waals surface area contributed by atoms with Gasteiger partial charge in [-0.05, 0) is 48.4 Å². The lowest BCUT2D eigenvalue weighted by atomic mass is 10.1. The Labute approximate surface area is 180 Å². The van der Waals surface area contributed by atoms with Crippen LogP contribution < -0.4 is 5.32 Å². The van der Waals surface area contributed by atoms with Crippen molar-refractivity contribution in [1.29, 1.82) is 0 Å². The second kappa shape index (κ2) is 8.73. The van der Waals surface area contributed by atoms with Crippen LogP contribution in [-0.2, 0) is 10.8 Å². The lowest BCUT2D eigenvalue weighted by Gasteiger charge is -2.18. The van der Waals surface area contributed by atoms with Crippen LogP contribution in [0.15, 0.2) is 66.2 Å². The number of rotatable bonds is 6. The standard InChI is InChI=1S/C22H20FN5O2S/c1-3-19(14-8-9-25-21(10-14)31(2)30)27-22(29)18-11-24-13-20-17(18)12-26-28(20)16-6-4-15(23)5-7-16/h4-13,19H,3H2,1-2H3,(H,27,29)/t19-,31?/m0/s1. The van der Waals surface area contributed by atoms with Crippen molar-refractivity contribution in [2.45, 2.75) is 24.4 Å². The molecule has 1 unspecified atom stereocenters. The topological polar surface area (TPSA) is 89.8 Å². The molecule has 0 saturated carbocycles. The number of benzene rings is 1. The maximum atomic E-state index is 13.3. The fourth-order valence-corrected chi connectivity index (χ4v) is 3.88. The molecular weight excluding hydrogens is 417 g/mol. The van der Waals surface area contributed by atoms with Gasteiger partial charge in [-0.1, -0.05) is 6.92 Å². The molecule has 0 bridgehead atoms. The van der Waals surface area contributed by atoms with Gasteiger partial charge in [-0.2, -0.15) is 5.10 Å². The predicted octanol–water partition coefficient (Wildman–Crippen LogP) is 3.57. The van der Waals surface area contributed by atoms with E-state index in [-0.39, 0.29) is 17.8 Å². The van der Waals surface area contributed by atoms with Crippen LogP contribution in [0.1, 0.15) is 35.3 Å². The first kappa shape index (κ1) is 20.8. The summed E-state index contributed by atoms with van der Waals surface area (Å²) in [6.07, 6.45) is 8.52. The molecule has 158 valence electrons. The highest BCUT2D eigenvalue weighted by Crippen LogP contribution is 2.23. The Balaban J connectivity index is 1.65. The van der Waals surface area contributed by atoms with Gasteiger partial charge in [0.2, 0.25) is 0 Å². The number of hydrogen-bond donors (Lipinski definition) is 1. The second-order valence-electron chi connectivity index (χ2n) is 6.97. The molecule has 4 rings (SSSR count). The van der Waals surface area contributed by atoms with Crippen LogP contribution in [0, 0.1) is 5.82 Å². The van der Waals surface area contributed by atoms with Gasteiger partial charge < -0.3 is 5.32 Å². The third-order valence-corrected chi connectivity index (χ3v) is 5.79. The Morgan fingerprint density at radius 3 is 2.68 bits per heavy atom. The number of carbonyl (C=O) groups is 1. The van der Waals surface area contributed by atoms with E-state index >= 15 is 0 Å². The third kappa shape index (κ3) is 4.22. The summed E-state index contributed by atoms with van der Waals surface area (Å²) in [6, 6.07) is 9.20. The van der Waals surface area contributed by atoms with E-state index in [0.717, 1.165) is 5.56 Å². The highest BCUT2D eigenvalue weighted by Gasteiger charge is 2.19. The minimum Gasteiger partial charge on any atom is -0.345 e. The summed E-state index contributed by atoms with van der Waals surface area (Å²) in [5.74, 6) is -0.630. The zero-order chi connectivity index (χ0) is 22.0. The van der Waals surface area contributed by atoms with Crippen molar-refractivity contribution < 1.29 is 13.4 Å². The molecule has 1 N–H and O–H groups in total. The number of amides is 1. The summed E-state index contributed by atoms with van der Waals surface area (Å²) < 4.78 is 26.6. The predicted molar refractivity (Wildman–Crippen MR) is 116 cm³/mol. The fourth-order valence-electron chi connectivity index (χ4n) is 3.37. The van der Waals surface area contributed by atoms with Crippen molar-refractivity contribution in [1.82, 2.24) is 25.1 Å². The van der Waals surface area contributed by atoms with Crippen molar-refractivity contribution in [2.75, 3.05) is 6.26 Å². The second-order valence-corrected chi connectivity index (χ2v) is 8.30. The average molecular weight is 438 g/mol. The molecule has 4 aromatic rings. The van der Waals surface area contributed by atoms with E-state index in [2.05, 4.69) is 20.4 Å². The van der Waals surface area contributed by atoms with Gasteiger partial charge in [-0.25, -0.2) is 14.1 Å². The normalized spacial score (nSPS) is 13.1. The fraction of sp³-hybridized carbons (Fsp3) is 0.182. The van der Waals surface area contributed by atoms with Crippen LogP contribution in [0.4, 0.5) is 4.39 Å². The Kier molecular flexibility index (Phi) is 5.85. The Bertz CT molecular complexity index is 1270. The Morgan fingerprint density at radius 2 is 1.97 bits per heavy atom. The third-order valence-electron chi connectivity index (χ3n) is 4.98. The molecule has 0 spiro atoms. The van der Waals surface area contributed by atoms with Crippen LogP contribution in [0.25, 0.3) is 16.6 Å². The number of aromatic nitrogens is 4. The van der Waals surface area contributed by atoms with Gasteiger partial charge in [0.25, 0.3) is 5.91 Å². The molecule has 7 nitrogen and oxygen atoms in total. The molecule has 2 atom stereocenters. The molecule has 0 aliphatic rings. The lowest BCUT2D eigenvalue weighted by Crippen LogP contribution is -2.28. The van der Waals surface area contributed by atoms with Gasteiger partial charge in [0, 0.05) is 24.0 Å². The number of halogens is 1. The number of nitrogens with zero attached hydrogens (tertiary/aromatic N) is 4. The zero-order valence-electron chi connectivity index (χ0n) is 16.9. The van der Waals surface area contributed by atoms with E-state index in [1.807, 2.05) is 6.92 Å². The quantitative estimate of drug-likeness (QED) is 0.498. The molecule has 1 amide bonds. The average Bonchev–Trinajstić information content (AvgIpc) is 3.22. The molecule has 0 fully saturated rings. The van der Waals surface area contributed by atoms with Crippen LogP contribution >= 0.6 is 0 Å². The number of hydrogen-bond acceptors (Lipinski definition) is 5. The summed E-state index contributed by atoms with van der Waals surface area (Å²) in [4.78, 5) is 21.4. The van der Waals surface area contributed by atoms with Gasteiger partial charge in [-0.3, -0.25) is 14.0 Å². The largest absolute Gasteiger partial charge is 0.345 e. The van der Waals surface area contributed by atoms with E-state index in [9.17, 15) is 13.4 Å². The molecule has 9 heteroatoms. The Morgan fingerprint density at radius 1 is 1.19 bits per heavy atom. The number of fused-ring (bicyclic) bond motifs is 1. The summed E-state index contributed by atoms with van der Waals surface area (Å²) in [6.45, 7) is 1.96. The molecule has 0 saturated heterocycles. The first-order chi connectivity index (χ1) is 15.0. The van der Waals surface area contributed by atoms with Gasteiger partial charge in [0.1, 0.15) is 10.8 Å². The van der Waals surface area contributed by atoms with Crippen LogP contribution in [0.5, 0.6) is 0 Å². The van der Waals surface area contributed by atoms with Crippen molar-refractivity contribution in [3.05, 3.63) is 78.1 Å². The molecule has 3 heterocycles. The minimum absolute atomic E-state index is 0.278. The highest BCUT2D eigenvalue weighted by atomic mass is 32.2. The zero-order valence-corrected chi connectivity index (χ0v) is 17.8. The first-order valence-electron chi connectivity index (χ1n) is 9.66. The van der Waals surface area contributed by atoms with Crippen LogP contribution in [-0.4, -0.2) is 36.1 Å². The highest BCUT2D eigenvalue weighted by molar-refractivity contribution is 7.84. The Hall–Kier alpha value is -3.46. The van der Waals surface area contributed by atoms with Crippen molar-refractivity contribution >= 4 is 27.6 Å². The maximum Gasteiger partial charge on any atom is 0.254 e.